The second-order valence-corrected chi connectivity index (χ2v) is 14.5. The van der Waals surface area contributed by atoms with Crippen molar-refractivity contribution < 1.29 is 42.3 Å². The first kappa shape index (κ1) is 34.1. The third kappa shape index (κ3) is 6.89. The number of hydrogen-bond donors (Lipinski definition) is 3. The lowest BCUT2D eigenvalue weighted by atomic mass is 9.92. The van der Waals surface area contributed by atoms with Crippen molar-refractivity contribution >= 4 is 46.7 Å². The fourth-order valence-electron chi connectivity index (χ4n) is 6.26. The van der Waals surface area contributed by atoms with E-state index >= 15 is 0 Å². The highest BCUT2D eigenvalue weighted by molar-refractivity contribution is 7.52. The Kier molecular flexibility index (Phi) is 10.3. The quantitative estimate of drug-likeness (QED) is 0.249. The summed E-state index contributed by atoms with van der Waals surface area (Å²) in [5, 5.41) is 3.09. The average molecular weight is 678 g/mol. The van der Waals surface area contributed by atoms with E-state index in [0.717, 1.165) is 29.0 Å². The summed E-state index contributed by atoms with van der Waals surface area (Å²) in [6.45, 7) is 5.41. The number of hydrogen-bond acceptors (Lipinski definition) is 6. The van der Waals surface area contributed by atoms with E-state index in [4.69, 9.17) is 14.5 Å². The molecule has 0 aliphatic carbocycles. The van der Waals surface area contributed by atoms with Crippen molar-refractivity contribution in [1.29, 1.82) is 0 Å². The van der Waals surface area contributed by atoms with Gasteiger partial charge in [-0.15, -0.1) is 11.3 Å². The first-order valence-corrected chi connectivity index (χ1v) is 17.8. The van der Waals surface area contributed by atoms with Crippen LogP contribution < -0.4 is 5.32 Å². The first-order valence-electron chi connectivity index (χ1n) is 15.4. The summed E-state index contributed by atoms with van der Waals surface area (Å²) in [6.07, 6.45) is 2.08. The van der Waals surface area contributed by atoms with Gasteiger partial charge in [0.1, 0.15) is 18.2 Å². The molecule has 1 unspecified atom stereocenters. The lowest BCUT2D eigenvalue weighted by Crippen LogP contribution is -2.57. The summed E-state index contributed by atoms with van der Waals surface area (Å²) in [7, 11) is -5.76. The number of halogens is 2. The topological polar surface area (TPSA) is 136 Å². The van der Waals surface area contributed by atoms with E-state index in [1.54, 1.807) is 9.80 Å². The fraction of sp³-hybridized carbons (Fsp3) is 0.469. The molecule has 248 valence electrons. The molecule has 3 N–H and O–H groups in total. The standard InChI is InChI=1S/C32H38F2N3O7PS/c1-3-20(4-2)28(35-29(38)27-18-22-17-23(12-13-26(22)46-27)32(33,34)45(41,42)43)31(40)37-14-8-11-24(37)30(39)36-15-16-44-25(19-36)21-9-6-5-7-10-21/h5-7,9-10,12-13,17-18,20,24-25,28H,3-4,8,11,14-16,19H2,1-2H3,(H,35,38)(H2,41,42,43)/t24-,25+,28?/m0/s1. The molecule has 2 aromatic carbocycles. The summed E-state index contributed by atoms with van der Waals surface area (Å²) in [5.74, 6) is -1.27. The van der Waals surface area contributed by atoms with Crippen LogP contribution in [-0.2, 0) is 24.6 Å². The molecular formula is C32H38F2N3O7PS. The van der Waals surface area contributed by atoms with Gasteiger partial charge in [-0.25, -0.2) is 0 Å². The molecule has 0 saturated carbocycles. The van der Waals surface area contributed by atoms with Gasteiger partial charge in [0.05, 0.1) is 18.0 Å². The second-order valence-electron chi connectivity index (χ2n) is 11.7. The number of nitrogens with one attached hydrogen (secondary N) is 1. The van der Waals surface area contributed by atoms with Crippen LogP contribution in [0.5, 0.6) is 0 Å². The summed E-state index contributed by atoms with van der Waals surface area (Å²) in [6, 6.07) is 12.6. The summed E-state index contributed by atoms with van der Waals surface area (Å²) < 4.78 is 46.4. The van der Waals surface area contributed by atoms with Crippen LogP contribution in [-0.4, -0.2) is 75.6 Å². The molecule has 10 nitrogen and oxygen atoms in total. The zero-order chi connectivity index (χ0) is 33.2. The van der Waals surface area contributed by atoms with Crippen LogP contribution in [0.1, 0.15) is 66.4 Å². The zero-order valence-corrected chi connectivity index (χ0v) is 27.3. The molecule has 0 radical (unpaired) electrons. The van der Waals surface area contributed by atoms with Crippen LogP contribution in [0, 0.1) is 5.92 Å². The highest BCUT2D eigenvalue weighted by Gasteiger charge is 2.50. The van der Waals surface area contributed by atoms with Crippen LogP contribution in [0.2, 0.25) is 0 Å². The Morgan fingerprint density at radius 3 is 2.48 bits per heavy atom. The van der Waals surface area contributed by atoms with E-state index < -0.39 is 36.8 Å². The smallest absolute Gasteiger partial charge is 0.370 e. The molecule has 2 aliphatic rings. The maximum atomic E-state index is 14.3. The van der Waals surface area contributed by atoms with Crippen molar-refractivity contribution in [3.05, 3.63) is 70.6 Å². The number of amides is 3. The molecular weight excluding hydrogens is 639 g/mol. The van der Waals surface area contributed by atoms with Crippen molar-refractivity contribution in [3.8, 4) is 0 Å². The van der Waals surface area contributed by atoms with Gasteiger partial charge in [-0.2, -0.15) is 8.78 Å². The Hall–Kier alpha value is -3.22. The van der Waals surface area contributed by atoms with Crippen LogP contribution in [0.15, 0.2) is 54.6 Å². The third-order valence-electron chi connectivity index (χ3n) is 8.90. The first-order chi connectivity index (χ1) is 21.8. The number of fused-ring (bicyclic) bond motifs is 1. The van der Waals surface area contributed by atoms with E-state index in [1.807, 2.05) is 44.2 Å². The number of carbonyl (C=O) groups excluding carboxylic acids is 3. The number of alkyl halides is 2. The molecule has 14 heteroatoms. The highest BCUT2D eigenvalue weighted by Crippen LogP contribution is 2.59. The number of likely N-dealkylation sites (tertiary alicyclic amines) is 1. The molecule has 3 aromatic rings. The van der Waals surface area contributed by atoms with Gasteiger partial charge in [0, 0.05) is 23.4 Å². The Morgan fingerprint density at radius 2 is 1.80 bits per heavy atom. The molecule has 0 spiro atoms. The third-order valence-corrected chi connectivity index (χ3v) is 11.0. The number of ether oxygens (including phenoxy) is 1. The minimum absolute atomic E-state index is 0.142. The molecule has 1 aromatic heterocycles. The van der Waals surface area contributed by atoms with E-state index in [-0.39, 0.29) is 34.1 Å². The number of thiophene rings is 1. The van der Waals surface area contributed by atoms with Crippen molar-refractivity contribution in [2.75, 3.05) is 26.2 Å². The Labute approximate surface area is 269 Å². The Balaban J connectivity index is 1.34. The van der Waals surface area contributed by atoms with Gasteiger partial charge in [-0.3, -0.25) is 18.9 Å². The lowest BCUT2D eigenvalue weighted by Gasteiger charge is -2.37. The minimum atomic E-state index is -5.76. The molecule has 46 heavy (non-hydrogen) atoms. The number of nitrogens with zero attached hydrogens (tertiary/aromatic N) is 2. The molecule has 2 fully saturated rings. The molecule has 5 rings (SSSR count). The van der Waals surface area contributed by atoms with Gasteiger partial charge >= 0.3 is 13.3 Å². The van der Waals surface area contributed by atoms with Crippen LogP contribution in [0.4, 0.5) is 8.78 Å². The summed E-state index contributed by atoms with van der Waals surface area (Å²) in [5.41, 5.74) is -4.27. The highest BCUT2D eigenvalue weighted by atomic mass is 32.1. The van der Waals surface area contributed by atoms with Crippen molar-refractivity contribution in [2.45, 2.75) is 63.4 Å². The van der Waals surface area contributed by atoms with Gasteiger partial charge in [0.25, 0.3) is 5.91 Å². The number of carbonyl (C=O) groups is 3. The molecule has 2 aliphatic heterocycles. The van der Waals surface area contributed by atoms with E-state index in [0.29, 0.717) is 56.6 Å². The van der Waals surface area contributed by atoms with Crippen molar-refractivity contribution in [3.63, 3.8) is 0 Å². The number of rotatable bonds is 10. The van der Waals surface area contributed by atoms with Gasteiger partial charge < -0.3 is 29.6 Å². The van der Waals surface area contributed by atoms with Gasteiger partial charge in [0.15, 0.2) is 0 Å². The van der Waals surface area contributed by atoms with E-state index in [9.17, 15) is 27.7 Å². The molecule has 3 heterocycles. The summed E-state index contributed by atoms with van der Waals surface area (Å²) in [4.78, 5) is 63.2. The van der Waals surface area contributed by atoms with Crippen molar-refractivity contribution in [1.82, 2.24) is 15.1 Å². The predicted molar refractivity (Wildman–Crippen MR) is 170 cm³/mol. The number of benzene rings is 2. The van der Waals surface area contributed by atoms with Gasteiger partial charge in [-0.05, 0) is 47.9 Å². The lowest BCUT2D eigenvalue weighted by molar-refractivity contribution is -0.150. The average Bonchev–Trinajstić information content (AvgIpc) is 3.72. The van der Waals surface area contributed by atoms with Gasteiger partial charge in [-0.1, -0.05) is 63.1 Å². The van der Waals surface area contributed by atoms with Crippen LogP contribution in [0.25, 0.3) is 10.1 Å². The van der Waals surface area contributed by atoms with Crippen molar-refractivity contribution in [2.24, 2.45) is 5.92 Å². The fourth-order valence-corrected chi connectivity index (χ4v) is 7.68. The van der Waals surface area contributed by atoms with E-state index in [1.165, 1.54) is 12.1 Å². The largest absolute Gasteiger partial charge is 0.399 e. The Morgan fingerprint density at radius 1 is 1.09 bits per heavy atom. The number of morpholine rings is 1. The van der Waals surface area contributed by atoms with Crippen LogP contribution in [0.3, 0.4) is 0 Å². The molecule has 3 atom stereocenters. The predicted octanol–water partition coefficient (Wildman–Crippen LogP) is 5.25. The molecule has 0 bridgehead atoms. The SMILES string of the molecule is CCC(CC)C(NC(=O)c1cc2cc(C(F)(F)P(=O)(O)O)ccc2s1)C(=O)N1CCC[C@H]1C(=O)N1CCO[C@@H](c2ccccc2)C1. The Bertz CT molecular complexity index is 1630. The molecule has 3 amide bonds. The van der Waals surface area contributed by atoms with E-state index in [2.05, 4.69) is 5.32 Å². The second kappa shape index (κ2) is 13.9. The minimum Gasteiger partial charge on any atom is -0.370 e. The normalized spacial score (nSPS) is 19.9. The molecule has 2 saturated heterocycles. The monoisotopic (exact) mass is 677 g/mol. The van der Waals surface area contributed by atoms with Crippen LogP contribution >= 0.6 is 18.9 Å². The maximum absolute atomic E-state index is 14.3. The zero-order valence-electron chi connectivity index (χ0n) is 25.6. The summed E-state index contributed by atoms with van der Waals surface area (Å²) >= 11 is 1.02. The maximum Gasteiger partial charge on any atom is 0.399 e. The van der Waals surface area contributed by atoms with Gasteiger partial charge in [0.2, 0.25) is 11.8 Å².